The lowest BCUT2D eigenvalue weighted by atomic mass is 10.1. The molecule has 0 fully saturated rings. The monoisotopic (exact) mass is 311 g/mol. The summed E-state index contributed by atoms with van der Waals surface area (Å²) in [5.41, 5.74) is 3.59. The molecule has 0 unspecified atom stereocenters. The van der Waals surface area contributed by atoms with Gasteiger partial charge in [-0.15, -0.1) is 11.3 Å². The number of fused-ring (bicyclic) bond motifs is 1. The van der Waals surface area contributed by atoms with Gasteiger partial charge >= 0.3 is 0 Å². The molecule has 0 aliphatic carbocycles. The van der Waals surface area contributed by atoms with Gasteiger partial charge < -0.3 is 10.1 Å². The van der Waals surface area contributed by atoms with Crippen molar-refractivity contribution in [2.24, 2.45) is 0 Å². The molecule has 0 saturated heterocycles. The molecule has 0 spiro atoms. The minimum absolute atomic E-state index is 0.860. The van der Waals surface area contributed by atoms with E-state index in [4.69, 9.17) is 9.84 Å². The van der Waals surface area contributed by atoms with Crippen molar-refractivity contribution in [3.8, 4) is 11.4 Å². The van der Waals surface area contributed by atoms with Crippen molar-refractivity contribution in [3.05, 3.63) is 57.9 Å². The van der Waals surface area contributed by atoms with Crippen LogP contribution in [0.25, 0.3) is 5.69 Å². The van der Waals surface area contributed by atoms with Crippen LogP contribution in [0.4, 0.5) is 5.82 Å². The predicted molar refractivity (Wildman–Crippen MR) is 89.4 cm³/mol. The Bertz CT molecular complexity index is 775. The third-order valence-corrected chi connectivity index (χ3v) is 4.85. The number of methoxy groups -OCH3 is 1. The van der Waals surface area contributed by atoms with E-state index in [-0.39, 0.29) is 0 Å². The average Bonchev–Trinajstić information content (AvgIpc) is 3.27. The van der Waals surface area contributed by atoms with E-state index in [1.807, 2.05) is 28.9 Å². The van der Waals surface area contributed by atoms with Crippen molar-refractivity contribution in [1.82, 2.24) is 9.78 Å². The molecule has 0 amide bonds. The molecule has 0 radical (unpaired) electrons. The van der Waals surface area contributed by atoms with E-state index in [0.29, 0.717) is 0 Å². The van der Waals surface area contributed by atoms with Crippen LogP contribution in [-0.2, 0) is 12.8 Å². The summed E-state index contributed by atoms with van der Waals surface area (Å²) in [7, 11) is 1.68. The van der Waals surface area contributed by atoms with Crippen molar-refractivity contribution < 1.29 is 4.74 Å². The van der Waals surface area contributed by atoms with Gasteiger partial charge in [0.25, 0.3) is 0 Å². The zero-order valence-electron chi connectivity index (χ0n) is 12.4. The quantitative estimate of drug-likeness (QED) is 0.801. The first-order chi connectivity index (χ1) is 10.8. The van der Waals surface area contributed by atoms with E-state index in [1.54, 1.807) is 18.4 Å². The Kier molecular flexibility index (Phi) is 3.35. The zero-order chi connectivity index (χ0) is 14.9. The summed E-state index contributed by atoms with van der Waals surface area (Å²) in [4.78, 5) is 1.36. The molecular weight excluding hydrogens is 294 g/mol. The minimum atomic E-state index is 0.860. The molecule has 3 heterocycles. The third-order valence-electron chi connectivity index (χ3n) is 3.97. The van der Waals surface area contributed by atoms with Gasteiger partial charge in [0.05, 0.1) is 18.5 Å². The lowest BCUT2D eigenvalue weighted by Gasteiger charge is -2.07. The van der Waals surface area contributed by atoms with Crippen molar-refractivity contribution in [3.63, 3.8) is 0 Å². The van der Waals surface area contributed by atoms with Crippen molar-refractivity contribution in [2.75, 3.05) is 19.0 Å². The Morgan fingerprint density at radius 3 is 2.86 bits per heavy atom. The van der Waals surface area contributed by atoms with Gasteiger partial charge in [-0.2, -0.15) is 5.10 Å². The van der Waals surface area contributed by atoms with Gasteiger partial charge in [-0.3, -0.25) is 0 Å². The molecule has 1 aliphatic heterocycles. The Balaban J connectivity index is 1.73. The molecule has 0 saturated carbocycles. The zero-order valence-corrected chi connectivity index (χ0v) is 13.2. The molecule has 1 N–H and O–H groups in total. The van der Waals surface area contributed by atoms with Gasteiger partial charge in [-0.1, -0.05) is 6.07 Å². The number of anilines is 1. The maximum absolute atomic E-state index is 5.23. The number of hydrogen-bond acceptors (Lipinski definition) is 4. The highest BCUT2D eigenvalue weighted by Crippen LogP contribution is 2.31. The van der Waals surface area contributed by atoms with Crippen LogP contribution in [0.1, 0.15) is 16.1 Å². The molecule has 0 bridgehead atoms. The van der Waals surface area contributed by atoms with Crippen molar-refractivity contribution in [2.45, 2.75) is 12.8 Å². The Hall–Kier alpha value is -2.27. The molecule has 5 heteroatoms. The molecule has 2 aromatic heterocycles. The Labute approximate surface area is 133 Å². The SMILES string of the molecule is COc1ccc(-n2nc(Cc3cccs3)c3c2NCC3)cc1. The molecule has 112 valence electrons. The second kappa shape index (κ2) is 5.50. The second-order valence-corrected chi connectivity index (χ2v) is 6.35. The summed E-state index contributed by atoms with van der Waals surface area (Å²) in [5.74, 6) is 2.00. The molecule has 1 aliphatic rings. The Morgan fingerprint density at radius 2 is 2.14 bits per heavy atom. The number of aromatic nitrogens is 2. The summed E-state index contributed by atoms with van der Waals surface area (Å²) in [6.07, 6.45) is 1.96. The lowest BCUT2D eigenvalue weighted by molar-refractivity contribution is 0.414. The van der Waals surface area contributed by atoms with Crippen molar-refractivity contribution >= 4 is 17.2 Å². The number of thiophene rings is 1. The number of nitrogens with zero attached hydrogens (tertiary/aromatic N) is 2. The molecule has 4 rings (SSSR count). The number of nitrogens with one attached hydrogen (secondary N) is 1. The van der Waals surface area contributed by atoms with Crippen LogP contribution in [0.5, 0.6) is 5.75 Å². The van der Waals surface area contributed by atoms with Gasteiger partial charge in [0.2, 0.25) is 0 Å². The van der Waals surface area contributed by atoms with E-state index in [1.165, 1.54) is 16.1 Å². The fraction of sp³-hybridized carbons (Fsp3) is 0.235. The van der Waals surface area contributed by atoms with Gasteiger partial charge in [0.1, 0.15) is 11.6 Å². The molecule has 4 nitrogen and oxygen atoms in total. The normalized spacial score (nSPS) is 13.0. The molecule has 0 atom stereocenters. The fourth-order valence-corrected chi connectivity index (χ4v) is 3.59. The average molecular weight is 311 g/mol. The first-order valence-electron chi connectivity index (χ1n) is 7.36. The molecular formula is C17H17N3OS. The van der Waals surface area contributed by atoms with E-state index >= 15 is 0 Å². The van der Waals surface area contributed by atoms with E-state index in [9.17, 15) is 0 Å². The second-order valence-electron chi connectivity index (χ2n) is 5.32. The van der Waals surface area contributed by atoms with E-state index in [0.717, 1.165) is 36.6 Å². The maximum atomic E-state index is 5.23. The van der Waals surface area contributed by atoms with Crippen molar-refractivity contribution in [1.29, 1.82) is 0 Å². The van der Waals surface area contributed by atoms with Crippen LogP contribution in [0.3, 0.4) is 0 Å². The highest BCUT2D eigenvalue weighted by atomic mass is 32.1. The lowest BCUT2D eigenvalue weighted by Crippen LogP contribution is -2.05. The predicted octanol–water partition coefficient (Wildman–Crippen LogP) is 3.50. The largest absolute Gasteiger partial charge is 0.497 e. The van der Waals surface area contributed by atoms with Gasteiger partial charge in [-0.05, 0) is 42.1 Å². The number of benzene rings is 1. The smallest absolute Gasteiger partial charge is 0.133 e. The first-order valence-corrected chi connectivity index (χ1v) is 8.24. The molecule has 22 heavy (non-hydrogen) atoms. The highest BCUT2D eigenvalue weighted by molar-refractivity contribution is 7.09. The summed E-state index contributed by atoms with van der Waals surface area (Å²) in [6, 6.07) is 12.3. The van der Waals surface area contributed by atoms with Gasteiger partial charge in [0, 0.05) is 23.4 Å². The van der Waals surface area contributed by atoms with Crippen LogP contribution in [0.2, 0.25) is 0 Å². The van der Waals surface area contributed by atoms with Gasteiger partial charge in [-0.25, -0.2) is 4.68 Å². The van der Waals surface area contributed by atoms with Crippen LogP contribution < -0.4 is 10.1 Å². The minimum Gasteiger partial charge on any atom is -0.497 e. The first kappa shape index (κ1) is 13.4. The van der Waals surface area contributed by atoms with E-state index in [2.05, 4.69) is 22.8 Å². The standard InChI is InChI=1S/C17H17N3OS/c1-21-13-6-4-12(5-7-13)20-17-15(8-9-18-17)16(19-20)11-14-3-2-10-22-14/h2-7,10,18H,8-9,11H2,1H3. The van der Waals surface area contributed by atoms with Crippen LogP contribution in [0, 0.1) is 0 Å². The number of ether oxygens (including phenoxy) is 1. The third kappa shape index (κ3) is 2.27. The summed E-state index contributed by atoms with van der Waals surface area (Å²) >= 11 is 1.79. The maximum Gasteiger partial charge on any atom is 0.133 e. The summed E-state index contributed by atoms with van der Waals surface area (Å²) in [6.45, 7) is 0.987. The molecule has 1 aromatic carbocycles. The molecule has 3 aromatic rings. The summed E-state index contributed by atoms with van der Waals surface area (Å²) < 4.78 is 7.25. The topological polar surface area (TPSA) is 39.1 Å². The summed E-state index contributed by atoms with van der Waals surface area (Å²) in [5, 5.41) is 10.4. The highest BCUT2D eigenvalue weighted by Gasteiger charge is 2.23. The number of hydrogen-bond donors (Lipinski definition) is 1. The Morgan fingerprint density at radius 1 is 1.27 bits per heavy atom. The van der Waals surface area contributed by atoms with E-state index < -0.39 is 0 Å². The fourth-order valence-electron chi connectivity index (χ4n) is 2.88. The number of rotatable bonds is 4. The van der Waals surface area contributed by atoms with Crippen LogP contribution in [-0.4, -0.2) is 23.4 Å². The van der Waals surface area contributed by atoms with Crippen LogP contribution >= 0.6 is 11.3 Å². The van der Waals surface area contributed by atoms with Crippen LogP contribution in [0.15, 0.2) is 41.8 Å². The van der Waals surface area contributed by atoms with Gasteiger partial charge in [0.15, 0.2) is 0 Å².